The summed E-state index contributed by atoms with van der Waals surface area (Å²) in [5.74, 6) is -1.06. The number of nitrogens with zero attached hydrogens (tertiary/aromatic N) is 2. The molecule has 0 fully saturated rings. The van der Waals surface area contributed by atoms with Crippen LogP contribution in [0, 0.1) is 20.2 Å². The number of hydrogen-bond donors (Lipinski definition) is 3. The number of hydrogen-bond acceptors (Lipinski definition) is 9. The van der Waals surface area contributed by atoms with Gasteiger partial charge < -0.3 is 0 Å². The molecule has 3 N–H and O–H groups in total. The van der Waals surface area contributed by atoms with Crippen LogP contribution in [0.5, 0.6) is 0 Å². The van der Waals surface area contributed by atoms with Crippen molar-refractivity contribution in [2.45, 2.75) is 22.3 Å². The normalized spacial score (nSPS) is 12.4. The number of carbonyl (C=O) groups excluding carboxylic acids is 1. The first-order chi connectivity index (χ1) is 17.4. The Morgan fingerprint density at radius 3 is 1.65 bits per heavy atom. The van der Waals surface area contributed by atoms with E-state index in [2.05, 4.69) is 4.72 Å². The van der Waals surface area contributed by atoms with Gasteiger partial charge in [-0.1, -0.05) is 30.3 Å². The number of sulfonamides is 2. The molecule has 37 heavy (non-hydrogen) atoms. The lowest BCUT2D eigenvalue weighted by atomic mass is 10.1. The molecule has 0 radical (unpaired) electrons. The monoisotopic (exact) mass is 549 g/mol. The molecular weight excluding hydrogens is 530 g/mol. The first kappa shape index (κ1) is 27.3. The number of carbonyl (C=O) groups is 1. The molecule has 16 heteroatoms. The van der Waals surface area contributed by atoms with Gasteiger partial charge in [0.1, 0.15) is 6.04 Å². The van der Waals surface area contributed by atoms with Crippen LogP contribution in [0.25, 0.3) is 0 Å². The summed E-state index contributed by atoms with van der Waals surface area (Å²) in [5.41, 5.74) is 1.82. The number of nitro groups is 2. The van der Waals surface area contributed by atoms with Gasteiger partial charge in [0.2, 0.25) is 10.0 Å². The molecule has 3 rings (SSSR count). The second-order valence-electron chi connectivity index (χ2n) is 7.46. The van der Waals surface area contributed by atoms with Crippen molar-refractivity contribution >= 4 is 37.3 Å². The van der Waals surface area contributed by atoms with E-state index in [1.165, 1.54) is 0 Å². The highest BCUT2D eigenvalue weighted by atomic mass is 32.2. The van der Waals surface area contributed by atoms with Gasteiger partial charge in [-0.15, -0.1) is 4.83 Å². The average Bonchev–Trinajstić information content (AvgIpc) is 2.87. The second kappa shape index (κ2) is 11.2. The van der Waals surface area contributed by atoms with Gasteiger partial charge in [0.05, 0.1) is 19.6 Å². The minimum atomic E-state index is -4.36. The predicted octanol–water partition coefficient (Wildman–Crippen LogP) is 1.40. The Balaban J connectivity index is 1.80. The lowest BCUT2D eigenvalue weighted by molar-refractivity contribution is -0.385. The number of benzene rings is 3. The lowest BCUT2D eigenvalue weighted by Crippen LogP contribution is -2.53. The van der Waals surface area contributed by atoms with Crippen molar-refractivity contribution in [2.24, 2.45) is 0 Å². The Morgan fingerprint density at radius 2 is 1.19 bits per heavy atom. The van der Waals surface area contributed by atoms with Crippen LogP contribution in [0.4, 0.5) is 11.4 Å². The standard InChI is InChI=1S/C21H19N5O9S2/c27-21(22-24-37(34,35)19-12-8-17(9-13-19)26(30)31)20(14-15-4-2-1-3-5-15)23-36(32,33)18-10-6-16(7-11-18)25(28)29/h1-13,20,23-24H,14H2,(H,22,27)/t20-/m0/s1. The Kier molecular flexibility index (Phi) is 8.28. The van der Waals surface area contributed by atoms with Gasteiger partial charge in [-0.25, -0.2) is 16.8 Å². The minimum absolute atomic E-state index is 0.169. The minimum Gasteiger partial charge on any atom is -0.276 e. The topological polar surface area (TPSA) is 208 Å². The van der Waals surface area contributed by atoms with E-state index in [1.807, 2.05) is 10.3 Å². The molecule has 0 aliphatic carbocycles. The van der Waals surface area contributed by atoms with E-state index in [0.717, 1.165) is 48.5 Å². The Bertz CT molecular complexity index is 1510. The van der Waals surface area contributed by atoms with E-state index < -0.39 is 41.8 Å². The predicted molar refractivity (Wildman–Crippen MR) is 129 cm³/mol. The Labute approximate surface area is 210 Å². The molecule has 0 aromatic heterocycles. The zero-order valence-corrected chi connectivity index (χ0v) is 20.3. The van der Waals surface area contributed by atoms with Crippen molar-refractivity contribution < 1.29 is 31.5 Å². The van der Waals surface area contributed by atoms with E-state index in [0.29, 0.717) is 5.56 Å². The molecule has 0 bridgehead atoms. The Hall–Kier alpha value is -4.25. The van der Waals surface area contributed by atoms with Gasteiger partial charge in [0, 0.05) is 24.3 Å². The quantitative estimate of drug-likeness (QED) is 0.233. The van der Waals surface area contributed by atoms with Crippen LogP contribution in [0.15, 0.2) is 88.7 Å². The molecule has 194 valence electrons. The first-order valence-electron chi connectivity index (χ1n) is 10.3. The van der Waals surface area contributed by atoms with Crippen molar-refractivity contribution in [2.75, 3.05) is 0 Å². The van der Waals surface area contributed by atoms with Crippen molar-refractivity contribution in [3.8, 4) is 0 Å². The maximum atomic E-state index is 12.9. The fourth-order valence-corrected chi connectivity index (χ4v) is 5.09. The van der Waals surface area contributed by atoms with E-state index in [4.69, 9.17) is 0 Å². The highest BCUT2D eigenvalue weighted by Crippen LogP contribution is 2.17. The van der Waals surface area contributed by atoms with Gasteiger partial charge in [0.15, 0.2) is 0 Å². The fraction of sp³-hybridized carbons (Fsp3) is 0.0952. The highest BCUT2D eigenvalue weighted by molar-refractivity contribution is 7.89. The number of hydrazine groups is 1. The molecule has 0 aliphatic heterocycles. The summed E-state index contributed by atoms with van der Waals surface area (Å²) < 4.78 is 52.9. The van der Waals surface area contributed by atoms with Gasteiger partial charge in [0.25, 0.3) is 27.3 Å². The van der Waals surface area contributed by atoms with E-state index in [-0.39, 0.29) is 27.6 Å². The number of rotatable bonds is 11. The molecule has 0 unspecified atom stereocenters. The third kappa shape index (κ3) is 7.14. The van der Waals surface area contributed by atoms with Gasteiger partial charge >= 0.3 is 0 Å². The zero-order valence-electron chi connectivity index (χ0n) is 18.7. The lowest BCUT2D eigenvalue weighted by Gasteiger charge is -2.19. The molecule has 3 aromatic rings. The maximum Gasteiger partial charge on any atom is 0.269 e. The molecule has 14 nitrogen and oxygen atoms in total. The number of nitro benzene ring substituents is 2. The molecule has 1 atom stereocenters. The van der Waals surface area contributed by atoms with E-state index in [9.17, 15) is 41.9 Å². The molecule has 1 amide bonds. The molecular formula is C21H19N5O9S2. The summed E-state index contributed by atoms with van der Waals surface area (Å²) in [6, 6.07) is 14.6. The van der Waals surface area contributed by atoms with Crippen molar-refractivity contribution in [3.63, 3.8) is 0 Å². The van der Waals surface area contributed by atoms with Crippen molar-refractivity contribution in [1.29, 1.82) is 0 Å². The molecule has 3 aromatic carbocycles. The molecule has 0 aliphatic rings. The maximum absolute atomic E-state index is 12.9. The van der Waals surface area contributed by atoms with Crippen LogP contribution in [0.3, 0.4) is 0 Å². The summed E-state index contributed by atoms with van der Waals surface area (Å²) >= 11 is 0. The van der Waals surface area contributed by atoms with Gasteiger partial charge in [-0.05, 0) is 36.2 Å². The van der Waals surface area contributed by atoms with Crippen LogP contribution in [0.1, 0.15) is 5.56 Å². The molecule has 0 heterocycles. The number of amides is 1. The zero-order chi connectivity index (χ0) is 27.2. The third-order valence-electron chi connectivity index (χ3n) is 4.92. The van der Waals surface area contributed by atoms with E-state index in [1.54, 1.807) is 30.3 Å². The van der Waals surface area contributed by atoms with Gasteiger partial charge in [-0.2, -0.15) is 4.72 Å². The fourth-order valence-electron chi connectivity index (χ4n) is 3.05. The second-order valence-corrected chi connectivity index (χ2v) is 10.9. The molecule has 0 saturated heterocycles. The van der Waals surface area contributed by atoms with Crippen LogP contribution >= 0.6 is 0 Å². The smallest absolute Gasteiger partial charge is 0.269 e. The van der Waals surface area contributed by atoms with Gasteiger partial charge in [-0.3, -0.25) is 30.4 Å². The summed E-state index contributed by atoms with van der Waals surface area (Å²) in [6.45, 7) is 0. The average molecular weight is 550 g/mol. The summed E-state index contributed by atoms with van der Waals surface area (Å²) in [4.78, 5) is 34.2. The Morgan fingerprint density at radius 1 is 0.730 bits per heavy atom. The number of nitrogens with one attached hydrogen (secondary N) is 3. The highest BCUT2D eigenvalue weighted by Gasteiger charge is 2.28. The van der Waals surface area contributed by atoms with Crippen molar-refractivity contribution in [1.82, 2.24) is 15.0 Å². The van der Waals surface area contributed by atoms with Crippen LogP contribution in [0.2, 0.25) is 0 Å². The SMILES string of the molecule is O=C(NNS(=O)(=O)c1ccc([N+](=O)[O-])cc1)[C@H](Cc1ccccc1)NS(=O)(=O)c1ccc([N+](=O)[O-])cc1. The van der Waals surface area contributed by atoms with E-state index >= 15 is 0 Å². The van der Waals surface area contributed by atoms with Crippen LogP contribution in [-0.4, -0.2) is 38.6 Å². The third-order valence-corrected chi connectivity index (χ3v) is 7.67. The van der Waals surface area contributed by atoms with Crippen LogP contribution in [-0.2, 0) is 31.3 Å². The molecule has 0 spiro atoms. The summed E-state index contributed by atoms with van der Waals surface area (Å²) in [5, 5.41) is 21.6. The largest absolute Gasteiger partial charge is 0.276 e. The summed E-state index contributed by atoms with van der Waals surface area (Å²) in [7, 11) is -8.72. The molecule has 0 saturated carbocycles. The van der Waals surface area contributed by atoms with Crippen LogP contribution < -0.4 is 15.0 Å². The van der Waals surface area contributed by atoms with Crippen molar-refractivity contribution in [3.05, 3.63) is 105 Å². The summed E-state index contributed by atoms with van der Waals surface area (Å²) in [6.07, 6.45) is -0.169. The first-order valence-corrected chi connectivity index (χ1v) is 13.2. The number of non-ortho nitro benzene ring substituents is 2.